The Bertz CT molecular complexity index is 1180. The van der Waals surface area contributed by atoms with E-state index in [0.717, 1.165) is 21.5 Å². The van der Waals surface area contributed by atoms with Crippen molar-refractivity contribution < 1.29 is 4.74 Å². The zero-order chi connectivity index (χ0) is 22.8. The minimum Gasteiger partial charge on any atom is -0.492 e. The molecule has 0 radical (unpaired) electrons. The van der Waals surface area contributed by atoms with Gasteiger partial charge in [0.05, 0.1) is 23.7 Å². The molecule has 0 aliphatic rings. The molecule has 0 bridgehead atoms. The predicted molar refractivity (Wildman–Crippen MR) is 132 cm³/mol. The highest BCUT2D eigenvalue weighted by molar-refractivity contribution is 9.10. The van der Waals surface area contributed by atoms with Crippen LogP contribution in [-0.4, -0.2) is 36.6 Å². The van der Waals surface area contributed by atoms with Gasteiger partial charge in [-0.15, -0.1) is 0 Å². The average molecular weight is 485 g/mol. The summed E-state index contributed by atoms with van der Waals surface area (Å²) in [4.78, 5) is 19.8. The first-order valence-corrected chi connectivity index (χ1v) is 11.1. The van der Waals surface area contributed by atoms with Crippen LogP contribution in [0.2, 0.25) is 0 Å². The first-order chi connectivity index (χ1) is 14.6. The number of nitrogens with zero attached hydrogens (tertiary/aromatic N) is 4. The number of aryl methyl sites for hydroxylation is 1. The number of anilines is 1. The smallest absolute Gasteiger partial charge is 0.282 e. The van der Waals surface area contributed by atoms with Crippen LogP contribution in [-0.2, 0) is 6.42 Å². The summed E-state index contributed by atoms with van der Waals surface area (Å²) >= 11 is 3.43. The molecule has 0 unspecified atom stereocenters. The van der Waals surface area contributed by atoms with Crippen molar-refractivity contribution in [1.82, 2.24) is 9.66 Å². The Hall–Kier alpha value is -2.67. The van der Waals surface area contributed by atoms with Gasteiger partial charge in [-0.1, -0.05) is 43.6 Å². The number of benzene rings is 2. The van der Waals surface area contributed by atoms with Crippen LogP contribution >= 0.6 is 15.9 Å². The molecule has 3 rings (SSSR count). The highest BCUT2D eigenvalue weighted by atomic mass is 79.9. The standard InChI is InChI=1S/C24H29BrN4O2/c1-7-22-27-20-11-9-17(25)12-19(20)23(30)29(22)26-14-16-8-10-18(28(5)6)13-21(16)31-15-24(2,3)4/h8-14H,7,15H2,1-6H3. The molecule has 0 aliphatic carbocycles. The minimum atomic E-state index is -0.193. The van der Waals surface area contributed by atoms with Crippen molar-refractivity contribution in [3.63, 3.8) is 0 Å². The highest BCUT2D eigenvalue weighted by Crippen LogP contribution is 2.26. The Morgan fingerprint density at radius 2 is 1.94 bits per heavy atom. The summed E-state index contributed by atoms with van der Waals surface area (Å²) in [6, 6.07) is 11.5. The number of hydrogen-bond donors (Lipinski definition) is 0. The summed E-state index contributed by atoms with van der Waals surface area (Å²) in [6.45, 7) is 8.91. The molecule has 1 heterocycles. The second kappa shape index (κ2) is 9.22. The summed E-state index contributed by atoms with van der Waals surface area (Å²) in [5.41, 5.74) is 2.33. The monoisotopic (exact) mass is 484 g/mol. The van der Waals surface area contributed by atoms with E-state index in [9.17, 15) is 4.79 Å². The van der Waals surface area contributed by atoms with Gasteiger partial charge in [0.2, 0.25) is 0 Å². The molecule has 0 spiro atoms. The van der Waals surface area contributed by atoms with Crippen LogP contribution < -0.4 is 15.2 Å². The van der Waals surface area contributed by atoms with E-state index >= 15 is 0 Å². The number of halogens is 1. The summed E-state index contributed by atoms with van der Waals surface area (Å²) < 4.78 is 8.33. The summed E-state index contributed by atoms with van der Waals surface area (Å²) in [5.74, 6) is 1.34. The second-order valence-electron chi connectivity index (χ2n) is 8.87. The molecule has 0 atom stereocenters. The maximum absolute atomic E-state index is 13.1. The van der Waals surface area contributed by atoms with Crippen molar-refractivity contribution >= 4 is 38.7 Å². The van der Waals surface area contributed by atoms with Gasteiger partial charge in [0.15, 0.2) is 0 Å². The van der Waals surface area contributed by atoms with E-state index in [1.807, 2.05) is 56.3 Å². The highest BCUT2D eigenvalue weighted by Gasteiger charge is 2.14. The Morgan fingerprint density at radius 3 is 2.58 bits per heavy atom. The molecule has 0 saturated carbocycles. The maximum atomic E-state index is 13.1. The van der Waals surface area contributed by atoms with Gasteiger partial charge in [0.25, 0.3) is 5.56 Å². The van der Waals surface area contributed by atoms with Gasteiger partial charge in [-0.2, -0.15) is 9.78 Å². The molecule has 0 fully saturated rings. The van der Waals surface area contributed by atoms with Crippen LogP contribution in [0.1, 0.15) is 39.1 Å². The van der Waals surface area contributed by atoms with E-state index < -0.39 is 0 Å². The van der Waals surface area contributed by atoms with Gasteiger partial charge in [-0.05, 0) is 35.7 Å². The molecule has 0 saturated heterocycles. The lowest BCUT2D eigenvalue weighted by Crippen LogP contribution is -2.22. The first kappa shape index (κ1) is 23.0. The molecule has 0 amide bonds. The molecular weight excluding hydrogens is 456 g/mol. The number of rotatable bonds is 6. The fourth-order valence-electron chi connectivity index (χ4n) is 2.99. The lowest BCUT2D eigenvalue weighted by Gasteiger charge is -2.21. The second-order valence-corrected chi connectivity index (χ2v) is 9.79. The normalized spacial score (nSPS) is 12.0. The zero-order valence-corrected chi connectivity index (χ0v) is 20.5. The molecule has 0 N–H and O–H groups in total. The Morgan fingerprint density at radius 1 is 1.19 bits per heavy atom. The summed E-state index contributed by atoms with van der Waals surface area (Å²) in [5, 5.41) is 5.04. The Balaban J connectivity index is 2.07. The van der Waals surface area contributed by atoms with Crippen LogP contribution in [0, 0.1) is 5.41 Å². The fraction of sp³-hybridized carbons (Fsp3) is 0.375. The molecular formula is C24H29BrN4O2. The SMILES string of the molecule is CCc1nc2ccc(Br)cc2c(=O)n1N=Cc1ccc(N(C)C)cc1OCC(C)(C)C. The minimum absolute atomic E-state index is 0.0184. The van der Waals surface area contributed by atoms with Crippen molar-refractivity contribution in [1.29, 1.82) is 0 Å². The first-order valence-electron chi connectivity index (χ1n) is 10.3. The van der Waals surface area contributed by atoms with Crippen molar-refractivity contribution in [2.75, 3.05) is 25.6 Å². The van der Waals surface area contributed by atoms with Gasteiger partial charge >= 0.3 is 0 Å². The molecule has 3 aromatic rings. The average Bonchev–Trinajstić information content (AvgIpc) is 2.71. The number of hydrogen-bond acceptors (Lipinski definition) is 5. The lowest BCUT2D eigenvalue weighted by molar-refractivity contribution is 0.198. The van der Waals surface area contributed by atoms with Gasteiger partial charge in [0, 0.05) is 42.3 Å². The van der Waals surface area contributed by atoms with E-state index in [0.29, 0.717) is 29.8 Å². The van der Waals surface area contributed by atoms with Crippen LogP contribution in [0.15, 0.2) is 50.8 Å². The third-order valence-corrected chi connectivity index (χ3v) is 5.17. The van der Waals surface area contributed by atoms with Crippen LogP contribution in [0.3, 0.4) is 0 Å². The van der Waals surface area contributed by atoms with Crippen molar-refractivity contribution in [2.45, 2.75) is 34.1 Å². The number of aromatic nitrogens is 2. The topological polar surface area (TPSA) is 59.7 Å². The van der Waals surface area contributed by atoms with Gasteiger partial charge in [0.1, 0.15) is 11.6 Å². The lowest BCUT2D eigenvalue weighted by atomic mass is 9.98. The van der Waals surface area contributed by atoms with Crippen LogP contribution in [0.4, 0.5) is 5.69 Å². The molecule has 31 heavy (non-hydrogen) atoms. The zero-order valence-electron chi connectivity index (χ0n) is 18.9. The quantitative estimate of drug-likeness (QED) is 0.456. The van der Waals surface area contributed by atoms with E-state index in [2.05, 4.69) is 46.8 Å². The molecule has 0 aliphatic heterocycles. The largest absolute Gasteiger partial charge is 0.492 e. The van der Waals surface area contributed by atoms with Crippen LogP contribution in [0.5, 0.6) is 5.75 Å². The fourth-order valence-corrected chi connectivity index (χ4v) is 3.35. The van der Waals surface area contributed by atoms with Gasteiger partial charge in [-0.3, -0.25) is 4.79 Å². The number of ether oxygens (including phenoxy) is 1. The van der Waals surface area contributed by atoms with Gasteiger partial charge < -0.3 is 9.64 Å². The third kappa shape index (κ3) is 5.53. The van der Waals surface area contributed by atoms with E-state index in [-0.39, 0.29) is 11.0 Å². The molecule has 2 aromatic carbocycles. The number of fused-ring (bicyclic) bond motifs is 1. The Labute approximate surface area is 191 Å². The molecule has 1 aromatic heterocycles. The Kier molecular flexibility index (Phi) is 6.84. The molecule has 7 heteroatoms. The maximum Gasteiger partial charge on any atom is 0.282 e. The molecule has 164 valence electrons. The van der Waals surface area contributed by atoms with Crippen molar-refractivity contribution in [3.05, 3.63) is 62.6 Å². The van der Waals surface area contributed by atoms with E-state index in [1.165, 1.54) is 4.68 Å². The predicted octanol–water partition coefficient (Wildman–Crippen LogP) is 5.09. The van der Waals surface area contributed by atoms with E-state index in [4.69, 9.17) is 4.74 Å². The van der Waals surface area contributed by atoms with Crippen LogP contribution in [0.25, 0.3) is 10.9 Å². The summed E-state index contributed by atoms with van der Waals surface area (Å²) in [6.07, 6.45) is 2.26. The van der Waals surface area contributed by atoms with Crippen molar-refractivity contribution in [2.24, 2.45) is 10.5 Å². The molecule has 6 nitrogen and oxygen atoms in total. The van der Waals surface area contributed by atoms with E-state index in [1.54, 1.807) is 12.3 Å². The summed E-state index contributed by atoms with van der Waals surface area (Å²) in [7, 11) is 3.98. The van der Waals surface area contributed by atoms with Gasteiger partial charge in [-0.25, -0.2) is 4.98 Å². The van der Waals surface area contributed by atoms with Crippen molar-refractivity contribution in [3.8, 4) is 5.75 Å². The third-order valence-electron chi connectivity index (χ3n) is 4.68.